The summed E-state index contributed by atoms with van der Waals surface area (Å²) in [6.07, 6.45) is 3.90. The number of fused-ring (bicyclic) bond motifs is 2. The Morgan fingerprint density at radius 3 is 2.53 bits per heavy atom. The number of benzene rings is 3. The Hall–Kier alpha value is -5.15. The highest BCUT2D eigenvalue weighted by atomic mass is 32.2. The number of amides is 4. The second-order valence-electron chi connectivity index (χ2n) is 11.6. The Morgan fingerprint density at radius 2 is 1.84 bits per heavy atom. The van der Waals surface area contributed by atoms with Gasteiger partial charge in [0, 0.05) is 11.6 Å². The van der Waals surface area contributed by atoms with Crippen molar-refractivity contribution in [1.29, 1.82) is 0 Å². The summed E-state index contributed by atoms with van der Waals surface area (Å²) in [5, 5.41) is 18.6. The Morgan fingerprint density at radius 1 is 1.10 bits per heavy atom. The van der Waals surface area contributed by atoms with Gasteiger partial charge in [0.15, 0.2) is 4.34 Å². The summed E-state index contributed by atoms with van der Waals surface area (Å²) >= 11 is 2.45. The van der Waals surface area contributed by atoms with Gasteiger partial charge in [-0.1, -0.05) is 61.0 Å². The van der Waals surface area contributed by atoms with E-state index in [4.69, 9.17) is 4.74 Å². The zero-order valence-electron chi connectivity index (χ0n) is 26.4. The molecule has 1 saturated carbocycles. The van der Waals surface area contributed by atoms with Gasteiger partial charge in [0.2, 0.25) is 17.7 Å². The molecule has 15 heteroatoms. The Balaban J connectivity index is 1.12. The molecule has 2 heterocycles. The lowest BCUT2D eigenvalue weighted by atomic mass is 9.81. The van der Waals surface area contributed by atoms with Crippen molar-refractivity contribution in [1.82, 2.24) is 15.7 Å². The Kier molecular flexibility index (Phi) is 10.3. The molecule has 3 atom stereocenters. The van der Waals surface area contributed by atoms with Gasteiger partial charge in [0.05, 0.1) is 62.8 Å². The number of hydrogen-bond donors (Lipinski definition) is 2. The zero-order chi connectivity index (χ0) is 34.5. The fraction of sp³-hybridized carbons (Fsp3) is 0.294. The fourth-order valence-electron chi connectivity index (χ4n) is 6.09. The van der Waals surface area contributed by atoms with Gasteiger partial charge in [-0.2, -0.15) is 5.10 Å². The lowest BCUT2D eigenvalue weighted by Crippen LogP contribution is -2.33. The molecule has 0 spiro atoms. The lowest BCUT2D eigenvalue weighted by Gasteiger charge is -2.19. The molecule has 4 amide bonds. The normalized spacial score (nSPS) is 18.0. The summed E-state index contributed by atoms with van der Waals surface area (Å²) in [6.45, 7) is 1.86. The van der Waals surface area contributed by atoms with E-state index in [0.29, 0.717) is 31.6 Å². The van der Waals surface area contributed by atoms with Gasteiger partial charge in [-0.3, -0.25) is 29.4 Å². The van der Waals surface area contributed by atoms with Gasteiger partial charge < -0.3 is 10.1 Å². The minimum absolute atomic E-state index is 0.120. The number of imide groups is 1. The van der Waals surface area contributed by atoms with Gasteiger partial charge in [0.1, 0.15) is 0 Å². The number of aromatic nitrogens is 1. The molecule has 1 aliphatic heterocycles. The van der Waals surface area contributed by atoms with Crippen LogP contribution in [-0.4, -0.2) is 46.5 Å². The second-order valence-corrected chi connectivity index (χ2v) is 13.9. The third kappa shape index (κ3) is 7.62. The molecule has 252 valence electrons. The minimum atomic E-state index is -0.656. The summed E-state index contributed by atoms with van der Waals surface area (Å²) in [6, 6.07) is 18.1. The predicted octanol–water partition coefficient (Wildman–Crippen LogP) is 6.36. The van der Waals surface area contributed by atoms with Crippen LogP contribution in [0.25, 0.3) is 10.2 Å². The van der Waals surface area contributed by atoms with E-state index in [0.717, 1.165) is 42.1 Å². The number of nitro groups is 1. The monoisotopic (exact) mass is 700 g/mol. The Labute approximate surface area is 289 Å². The van der Waals surface area contributed by atoms with Crippen LogP contribution in [-0.2, 0) is 19.1 Å². The highest BCUT2D eigenvalue weighted by Gasteiger charge is 2.48. The number of thiazole rings is 1. The average Bonchev–Trinajstić information content (AvgIpc) is 3.61. The molecule has 2 aliphatic rings. The van der Waals surface area contributed by atoms with Crippen molar-refractivity contribution in [2.24, 2.45) is 16.9 Å². The van der Waals surface area contributed by atoms with Crippen molar-refractivity contribution in [2.75, 3.05) is 11.5 Å². The number of nitro benzene ring substituents is 1. The van der Waals surface area contributed by atoms with Crippen LogP contribution in [0.3, 0.4) is 0 Å². The van der Waals surface area contributed by atoms with Crippen molar-refractivity contribution in [3.05, 3.63) is 88.0 Å². The van der Waals surface area contributed by atoms with Crippen LogP contribution in [0.4, 0.5) is 16.2 Å². The summed E-state index contributed by atoms with van der Waals surface area (Å²) in [5.41, 5.74) is 4.51. The lowest BCUT2D eigenvalue weighted by molar-refractivity contribution is -0.387. The maximum Gasteiger partial charge on any atom is 0.407 e. The van der Waals surface area contributed by atoms with E-state index in [1.807, 2.05) is 6.07 Å². The van der Waals surface area contributed by atoms with Gasteiger partial charge in [-0.05, 0) is 49.6 Å². The first kappa shape index (κ1) is 33.7. The molecule has 1 aromatic heterocycles. The molecular formula is C34H32N6O7S2. The number of hydrazone groups is 1. The van der Waals surface area contributed by atoms with Crippen molar-refractivity contribution in [3.63, 3.8) is 0 Å². The van der Waals surface area contributed by atoms with E-state index in [1.165, 1.54) is 28.5 Å². The first-order valence-electron chi connectivity index (χ1n) is 15.8. The van der Waals surface area contributed by atoms with Crippen LogP contribution in [0.2, 0.25) is 0 Å². The molecule has 1 saturated heterocycles. The first-order chi connectivity index (χ1) is 23.7. The van der Waals surface area contributed by atoms with E-state index in [9.17, 15) is 29.3 Å². The molecule has 13 nitrogen and oxygen atoms in total. The van der Waals surface area contributed by atoms with Gasteiger partial charge in [-0.25, -0.2) is 15.2 Å². The fourth-order valence-corrected chi connectivity index (χ4v) is 8.23. The number of anilines is 1. The van der Waals surface area contributed by atoms with Gasteiger partial charge in [0.25, 0.3) is 5.69 Å². The molecule has 4 aromatic rings. The van der Waals surface area contributed by atoms with Crippen molar-refractivity contribution < 1.29 is 28.8 Å². The first-order valence-corrected chi connectivity index (χ1v) is 17.4. The summed E-state index contributed by atoms with van der Waals surface area (Å²) in [7, 11) is 0. The molecule has 49 heavy (non-hydrogen) atoms. The highest BCUT2D eigenvalue weighted by molar-refractivity contribution is 8.01. The largest absolute Gasteiger partial charge is 0.450 e. The molecule has 0 bridgehead atoms. The second kappa shape index (κ2) is 15.0. The molecule has 2 fully saturated rings. The van der Waals surface area contributed by atoms with E-state index < -0.39 is 23.0 Å². The quantitative estimate of drug-likeness (QED) is 0.0781. The predicted molar refractivity (Wildman–Crippen MR) is 184 cm³/mol. The average molecular weight is 701 g/mol. The van der Waals surface area contributed by atoms with E-state index in [-0.39, 0.29) is 42.4 Å². The number of alkyl carbamates (subject to hydrolysis) is 1. The molecule has 2 N–H and O–H groups in total. The third-order valence-electron chi connectivity index (χ3n) is 8.39. The van der Waals surface area contributed by atoms with Crippen LogP contribution >= 0.6 is 23.1 Å². The number of rotatable bonds is 11. The maximum atomic E-state index is 13.1. The van der Waals surface area contributed by atoms with E-state index >= 15 is 0 Å². The topological polar surface area (TPSA) is 173 Å². The molecular weight excluding hydrogens is 669 g/mol. The van der Waals surface area contributed by atoms with Crippen LogP contribution < -0.4 is 15.6 Å². The highest BCUT2D eigenvalue weighted by Crippen LogP contribution is 2.43. The van der Waals surface area contributed by atoms with E-state index in [2.05, 4.69) is 20.8 Å². The third-order valence-corrected chi connectivity index (χ3v) is 10.5. The molecule has 0 radical (unpaired) electrons. The SMILES string of the molecule is CCOC(=O)N[C@H](CC(=O)N/N=C\c1ccc(Sc2nc3ccc(N4C(=O)[C@@H]5CCCC[C@H]5C4=O)cc3s2)c([N+](=O)[O-])c1)c1ccccc1. The van der Waals surface area contributed by atoms with Crippen molar-refractivity contribution in [3.8, 4) is 0 Å². The molecule has 6 rings (SSSR count). The minimum Gasteiger partial charge on any atom is -0.450 e. The summed E-state index contributed by atoms with van der Waals surface area (Å²) < 4.78 is 6.27. The number of ether oxygens (including phenoxy) is 1. The number of nitrogens with zero attached hydrogens (tertiary/aromatic N) is 4. The van der Waals surface area contributed by atoms with Crippen molar-refractivity contribution in [2.45, 2.75) is 54.3 Å². The Bertz CT molecular complexity index is 1930. The number of carbonyl (C=O) groups excluding carboxylic acids is 4. The number of carbonyl (C=O) groups is 4. The number of nitrogens with one attached hydrogen (secondary N) is 2. The number of hydrogen-bond acceptors (Lipinski definition) is 11. The maximum absolute atomic E-state index is 13.1. The molecule has 3 aromatic carbocycles. The van der Waals surface area contributed by atoms with Crippen molar-refractivity contribution >= 4 is 74.7 Å². The van der Waals surface area contributed by atoms with E-state index in [1.54, 1.807) is 61.5 Å². The zero-order valence-corrected chi connectivity index (χ0v) is 28.0. The molecule has 1 aliphatic carbocycles. The summed E-state index contributed by atoms with van der Waals surface area (Å²) in [4.78, 5) is 68.7. The van der Waals surface area contributed by atoms with Gasteiger partial charge >= 0.3 is 6.09 Å². The van der Waals surface area contributed by atoms with Crippen LogP contribution in [0.1, 0.15) is 56.2 Å². The smallest absolute Gasteiger partial charge is 0.407 e. The van der Waals surface area contributed by atoms with Crippen LogP contribution in [0, 0.1) is 22.0 Å². The van der Waals surface area contributed by atoms with Gasteiger partial charge in [-0.15, -0.1) is 11.3 Å². The molecule has 0 unspecified atom stereocenters. The summed E-state index contributed by atoms with van der Waals surface area (Å²) in [5.74, 6) is -1.27. The van der Waals surface area contributed by atoms with Crippen LogP contribution in [0.5, 0.6) is 0 Å². The van der Waals surface area contributed by atoms with Crippen LogP contribution in [0.15, 0.2) is 81.1 Å². The standard InChI is InChI=1S/C34H32N6O7S2/c1-2-47-33(44)36-26(21-8-4-3-5-9-21)18-30(41)38-35-19-20-12-15-28(27(16-20)40(45)46)48-34-37-25-14-13-22(17-29(25)49-34)39-31(42)23-10-6-7-11-24(23)32(39)43/h3-5,8-9,12-17,19,23-24,26H,2,6-7,10-11,18H2,1H3,(H,36,44)(H,38,41)/b35-19-/t23-,24-,26-/m1/s1.